The highest BCUT2D eigenvalue weighted by Crippen LogP contribution is 2.28. The molecule has 0 heterocycles. The van der Waals surface area contributed by atoms with Gasteiger partial charge >= 0.3 is 18.4 Å². The summed E-state index contributed by atoms with van der Waals surface area (Å²) in [4.78, 5) is 21.2. The molecule has 0 aliphatic heterocycles. The Morgan fingerprint density at radius 3 is 2.65 bits per heavy atom. The number of nitrogens with one attached hydrogen (secondary N) is 1. The Labute approximate surface area is 112 Å². The van der Waals surface area contributed by atoms with Crippen LogP contribution in [0.2, 0.25) is 0 Å². The van der Waals surface area contributed by atoms with Crippen LogP contribution in [-0.4, -0.2) is 31.8 Å². The molecular weight excluding hydrogens is 276 g/mol. The van der Waals surface area contributed by atoms with Gasteiger partial charge in [-0.05, 0) is 23.8 Å². The number of primary amides is 1. The maximum absolute atomic E-state index is 12.1. The monoisotopic (exact) mass is 287 g/mol. The molecule has 0 saturated heterocycles. The van der Waals surface area contributed by atoms with E-state index >= 15 is 0 Å². The van der Waals surface area contributed by atoms with E-state index in [1.165, 1.54) is 31.5 Å². The predicted octanol–water partition coefficient (Wildman–Crippen LogP) is 0.232. The highest BCUT2D eigenvalue weighted by atomic mass is 19.3. The lowest BCUT2D eigenvalue weighted by atomic mass is 10.2. The molecule has 0 unspecified atom stereocenters. The summed E-state index contributed by atoms with van der Waals surface area (Å²) in [6, 6.07) is 4.01. The molecule has 0 aliphatic carbocycles. The third-order valence-electron chi connectivity index (χ3n) is 2.01. The first-order chi connectivity index (χ1) is 9.43. The third-order valence-corrected chi connectivity index (χ3v) is 2.01. The molecule has 20 heavy (non-hydrogen) atoms. The summed E-state index contributed by atoms with van der Waals surface area (Å²) in [5.41, 5.74) is 7.00. The molecule has 0 atom stereocenters. The number of nitrogens with two attached hydrogens (primary N) is 1. The molecule has 0 saturated carbocycles. The zero-order valence-electron chi connectivity index (χ0n) is 10.3. The molecule has 2 amide bonds. The quantitative estimate of drug-likeness (QED) is 0.459. The first kappa shape index (κ1) is 15.3. The summed E-state index contributed by atoms with van der Waals surface area (Å²) in [5, 5.41) is 3.46. The van der Waals surface area contributed by atoms with Crippen LogP contribution in [-0.2, 0) is 9.59 Å². The molecule has 7 nitrogen and oxygen atoms in total. The van der Waals surface area contributed by atoms with Gasteiger partial charge in [0.15, 0.2) is 11.5 Å². The number of halogens is 2. The highest BCUT2D eigenvalue weighted by Gasteiger charge is 2.10. The number of alkyl halides is 2. The van der Waals surface area contributed by atoms with Crippen LogP contribution < -0.4 is 20.6 Å². The molecule has 0 aromatic heterocycles. The van der Waals surface area contributed by atoms with Gasteiger partial charge in [0.25, 0.3) is 0 Å². The van der Waals surface area contributed by atoms with E-state index in [1.54, 1.807) is 0 Å². The van der Waals surface area contributed by atoms with E-state index in [9.17, 15) is 18.4 Å². The van der Waals surface area contributed by atoms with E-state index in [1.807, 2.05) is 5.43 Å². The van der Waals surface area contributed by atoms with Crippen molar-refractivity contribution >= 4 is 18.0 Å². The second-order valence-electron chi connectivity index (χ2n) is 3.35. The van der Waals surface area contributed by atoms with Gasteiger partial charge in [-0.15, -0.1) is 0 Å². The minimum Gasteiger partial charge on any atom is -0.493 e. The van der Waals surface area contributed by atoms with E-state index in [-0.39, 0.29) is 11.5 Å². The van der Waals surface area contributed by atoms with Crippen molar-refractivity contribution in [3.05, 3.63) is 23.8 Å². The first-order valence-corrected chi connectivity index (χ1v) is 5.19. The van der Waals surface area contributed by atoms with Gasteiger partial charge in [-0.1, -0.05) is 0 Å². The third kappa shape index (κ3) is 4.52. The zero-order valence-corrected chi connectivity index (χ0v) is 10.3. The minimum atomic E-state index is -2.97. The second kappa shape index (κ2) is 7.02. The smallest absolute Gasteiger partial charge is 0.387 e. The molecule has 0 fully saturated rings. The lowest BCUT2D eigenvalue weighted by molar-refractivity contribution is -0.137. The summed E-state index contributed by atoms with van der Waals surface area (Å²) in [5.74, 6) is -2.33. The highest BCUT2D eigenvalue weighted by molar-refractivity contribution is 6.34. The molecular formula is C11H11F2N3O4. The van der Waals surface area contributed by atoms with E-state index < -0.39 is 18.4 Å². The zero-order chi connectivity index (χ0) is 15.1. The van der Waals surface area contributed by atoms with Gasteiger partial charge in [0.05, 0.1) is 13.3 Å². The van der Waals surface area contributed by atoms with E-state index in [4.69, 9.17) is 10.5 Å². The average Bonchev–Trinajstić information content (AvgIpc) is 2.39. The fourth-order valence-corrected chi connectivity index (χ4v) is 1.18. The molecule has 1 aromatic carbocycles. The van der Waals surface area contributed by atoms with Crippen molar-refractivity contribution in [3.63, 3.8) is 0 Å². The minimum absolute atomic E-state index is 0.0653. The summed E-state index contributed by atoms with van der Waals surface area (Å²) >= 11 is 0. The van der Waals surface area contributed by atoms with Crippen molar-refractivity contribution in [2.45, 2.75) is 6.61 Å². The van der Waals surface area contributed by atoms with Crippen LogP contribution >= 0.6 is 0 Å². The van der Waals surface area contributed by atoms with Crippen LogP contribution in [0.15, 0.2) is 23.3 Å². The van der Waals surface area contributed by atoms with Gasteiger partial charge in [0.1, 0.15) is 0 Å². The van der Waals surface area contributed by atoms with Crippen molar-refractivity contribution < 1.29 is 27.8 Å². The normalized spacial score (nSPS) is 10.6. The first-order valence-electron chi connectivity index (χ1n) is 5.19. The van der Waals surface area contributed by atoms with Crippen molar-refractivity contribution in [3.8, 4) is 11.5 Å². The number of carbonyl (C=O) groups excluding carboxylic acids is 2. The maximum Gasteiger partial charge on any atom is 0.387 e. The lowest BCUT2D eigenvalue weighted by Crippen LogP contribution is -2.32. The van der Waals surface area contributed by atoms with Gasteiger partial charge in [0.2, 0.25) is 0 Å². The van der Waals surface area contributed by atoms with E-state index in [0.717, 1.165) is 0 Å². The van der Waals surface area contributed by atoms with Crippen LogP contribution in [0, 0.1) is 0 Å². The van der Waals surface area contributed by atoms with Gasteiger partial charge in [-0.25, -0.2) is 5.43 Å². The summed E-state index contributed by atoms with van der Waals surface area (Å²) < 4.78 is 33.3. The van der Waals surface area contributed by atoms with Crippen molar-refractivity contribution in [2.75, 3.05) is 7.11 Å². The number of nitrogens with zero attached hydrogens (tertiary/aromatic N) is 1. The summed E-state index contributed by atoms with van der Waals surface area (Å²) in [6.45, 7) is -2.97. The van der Waals surface area contributed by atoms with Crippen LogP contribution in [0.3, 0.4) is 0 Å². The number of methoxy groups -OCH3 is 1. The van der Waals surface area contributed by atoms with Gasteiger partial charge < -0.3 is 15.2 Å². The molecule has 3 N–H and O–H groups in total. The van der Waals surface area contributed by atoms with Crippen LogP contribution in [0.5, 0.6) is 11.5 Å². The van der Waals surface area contributed by atoms with Gasteiger partial charge in [0, 0.05) is 0 Å². The largest absolute Gasteiger partial charge is 0.493 e. The van der Waals surface area contributed by atoms with E-state index in [0.29, 0.717) is 5.56 Å². The van der Waals surface area contributed by atoms with Crippen molar-refractivity contribution in [1.29, 1.82) is 0 Å². The van der Waals surface area contributed by atoms with Crippen molar-refractivity contribution in [1.82, 2.24) is 5.43 Å². The Morgan fingerprint density at radius 2 is 2.10 bits per heavy atom. The molecule has 0 spiro atoms. The van der Waals surface area contributed by atoms with Crippen LogP contribution in [0.4, 0.5) is 8.78 Å². The standard InChI is InChI=1S/C11H11F2N3O4/c1-19-8-4-6(2-3-7(8)20-11(12)13)5-15-16-10(18)9(14)17/h2-5,11H,1H3,(H2,14,17)(H,16,18)/b15-5+. The molecule has 9 heteroatoms. The molecule has 0 aliphatic rings. The van der Waals surface area contributed by atoms with Gasteiger partial charge in [-0.3, -0.25) is 9.59 Å². The molecule has 1 rings (SSSR count). The summed E-state index contributed by atoms with van der Waals surface area (Å²) in [6.07, 6.45) is 1.18. The molecule has 0 radical (unpaired) electrons. The number of ether oxygens (including phenoxy) is 2. The SMILES string of the molecule is COc1cc(/C=N/NC(=O)C(N)=O)ccc1OC(F)F. The molecule has 1 aromatic rings. The number of amides is 2. The molecule has 0 bridgehead atoms. The maximum atomic E-state index is 12.1. The topological polar surface area (TPSA) is 103 Å². The fourth-order valence-electron chi connectivity index (χ4n) is 1.18. The van der Waals surface area contributed by atoms with Crippen LogP contribution in [0.25, 0.3) is 0 Å². The average molecular weight is 287 g/mol. The lowest BCUT2D eigenvalue weighted by Gasteiger charge is -2.09. The van der Waals surface area contributed by atoms with E-state index in [2.05, 4.69) is 9.84 Å². The number of carbonyl (C=O) groups is 2. The second-order valence-corrected chi connectivity index (χ2v) is 3.35. The van der Waals surface area contributed by atoms with Crippen LogP contribution in [0.1, 0.15) is 5.56 Å². The number of benzene rings is 1. The van der Waals surface area contributed by atoms with Crippen molar-refractivity contribution in [2.24, 2.45) is 10.8 Å². The predicted molar refractivity (Wildman–Crippen MR) is 64.6 cm³/mol. The summed E-state index contributed by atoms with van der Waals surface area (Å²) in [7, 11) is 1.28. The number of rotatable bonds is 5. The Balaban J connectivity index is 2.80. The fraction of sp³-hybridized carbons (Fsp3) is 0.182. The molecule has 108 valence electrons. The van der Waals surface area contributed by atoms with Gasteiger partial charge in [-0.2, -0.15) is 13.9 Å². The Hall–Kier alpha value is -2.71. The number of hydrogen-bond donors (Lipinski definition) is 2. The Kier molecular flexibility index (Phi) is 5.39. The Bertz CT molecular complexity index is 534. The number of hydrogen-bond acceptors (Lipinski definition) is 5. The number of hydrazone groups is 1. The Morgan fingerprint density at radius 1 is 1.40 bits per heavy atom.